The molecule has 0 aromatic heterocycles. The van der Waals surface area contributed by atoms with Crippen LogP contribution in [-0.4, -0.2) is 9.14 Å². The topological polar surface area (TPSA) is 17.1 Å². The molecular formula is C6H3Cl2OW-. The summed E-state index contributed by atoms with van der Waals surface area (Å²) < 4.78 is 0.491. The fraction of sp³-hybridized carbons (Fsp3) is 0. The first-order valence-corrected chi connectivity index (χ1v) is 4.46. The van der Waals surface area contributed by atoms with Crippen LogP contribution in [0.4, 0.5) is 0 Å². The van der Waals surface area contributed by atoms with E-state index in [0.29, 0.717) is 3.90 Å². The summed E-state index contributed by atoms with van der Waals surface area (Å²) in [6.07, 6.45) is 2.91. The normalized spacial score (nSPS) is 9.80. The van der Waals surface area contributed by atoms with Crippen molar-refractivity contribution in [2.24, 2.45) is 0 Å². The van der Waals surface area contributed by atoms with Crippen molar-refractivity contribution in [2.75, 3.05) is 0 Å². The van der Waals surface area contributed by atoms with Crippen molar-refractivity contribution >= 4 is 32.3 Å². The van der Waals surface area contributed by atoms with E-state index in [2.05, 4.69) is 0 Å². The van der Waals surface area contributed by atoms with Crippen molar-refractivity contribution in [3.8, 4) is 0 Å². The molecule has 0 fully saturated rings. The Labute approximate surface area is 80.1 Å². The van der Waals surface area contributed by atoms with Gasteiger partial charge in [0, 0.05) is 0 Å². The summed E-state index contributed by atoms with van der Waals surface area (Å²) >= 11 is 11.4. The fourth-order valence-electron chi connectivity index (χ4n) is 0.221. The third kappa shape index (κ3) is 5.10. The van der Waals surface area contributed by atoms with Crippen molar-refractivity contribution in [3.05, 3.63) is 23.8 Å². The number of hydrogen-bond donors (Lipinski definition) is 0. The standard InChI is InChI=1S/C6H3Cl2O.W/c1-5(7)3-2-4-6(8)9;/h1-3H;/q-1;/b3-2-;. The molecule has 0 spiro atoms. The minimum atomic E-state index is -0.468. The second-order valence-electron chi connectivity index (χ2n) is 1.36. The molecule has 0 aromatic carbocycles. The van der Waals surface area contributed by atoms with Gasteiger partial charge in [0.25, 0.3) is 0 Å². The van der Waals surface area contributed by atoms with Crippen LogP contribution in [0, 0.1) is 6.58 Å². The number of allylic oxidation sites excluding steroid dienone is 3. The molecule has 0 bridgehead atoms. The van der Waals surface area contributed by atoms with Gasteiger partial charge < -0.3 is 0 Å². The molecule has 10 heavy (non-hydrogen) atoms. The van der Waals surface area contributed by atoms with Gasteiger partial charge in [0.05, 0.1) is 0 Å². The zero-order valence-corrected chi connectivity index (χ0v) is 9.25. The van der Waals surface area contributed by atoms with Gasteiger partial charge in [0.2, 0.25) is 0 Å². The molecule has 0 radical (unpaired) electrons. The first kappa shape index (κ1) is 10.3. The molecule has 0 N–H and O–H groups in total. The molecule has 54 valence electrons. The molecule has 0 unspecified atom stereocenters. The van der Waals surface area contributed by atoms with Crippen molar-refractivity contribution in [2.45, 2.75) is 0 Å². The van der Waals surface area contributed by atoms with Crippen molar-refractivity contribution < 1.29 is 24.1 Å². The molecule has 0 atom stereocenters. The molecular weight excluding hydrogens is 343 g/mol. The van der Waals surface area contributed by atoms with Gasteiger partial charge in [-0.15, -0.1) is 0 Å². The van der Waals surface area contributed by atoms with E-state index >= 15 is 0 Å². The van der Waals surface area contributed by atoms with Crippen LogP contribution < -0.4 is 0 Å². The first-order chi connectivity index (χ1) is 4.54. The van der Waals surface area contributed by atoms with Gasteiger partial charge in [-0.2, -0.15) is 0 Å². The number of carbonyl (C=O) groups excluding carboxylic acids is 1. The Morgan fingerprint density at radius 2 is 1.90 bits per heavy atom. The van der Waals surface area contributed by atoms with Gasteiger partial charge in [-0.05, 0) is 0 Å². The number of hydrogen-bond acceptors (Lipinski definition) is 1. The first-order valence-electron chi connectivity index (χ1n) is 2.24. The number of rotatable bonds is 3. The van der Waals surface area contributed by atoms with Crippen LogP contribution in [0.2, 0.25) is 0 Å². The summed E-state index contributed by atoms with van der Waals surface area (Å²) in [5.41, 5.74) is 0. The monoisotopic (exact) mass is 345 g/mol. The van der Waals surface area contributed by atoms with Gasteiger partial charge in [-0.3, -0.25) is 0 Å². The number of halogens is 2. The average Bonchev–Trinajstić information content (AvgIpc) is 1.82. The van der Waals surface area contributed by atoms with Crippen LogP contribution in [0.5, 0.6) is 0 Å². The Balaban J connectivity index is 4.03. The summed E-state index contributed by atoms with van der Waals surface area (Å²) in [5.74, 6) is 0. The molecule has 0 rings (SSSR count). The Kier molecular flexibility index (Phi) is 5.15. The molecule has 0 heterocycles. The summed E-state index contributed by atoms with van der Waals surface area (Å²) in [7, 11) is 0. The van der Waals surface area contributed by atoms with E-state index < -0.39 is 5.24 Å². The summed E-state index contributed by atoms with van der Waals surface area (Å²) in [6, 6.07) is 0. The van der Waals surface area contributed by atoms with Gasteiger partial charge in [0.15, 0.2) is 0 Å². The number of carbonyl (C=O) groups is 1. The molecule has 0 aliphatic rings. The molecule has 0 amide bonds. The quantitative estimate of drug-likeness (QED) is 0.431. The molecule has 0 aliphatic carbocycles. The average molecular weight is 346 g/mol. The van der Waals surface area contributed by atoms with Gasteiger partial charge >= 0.3 is 80.3 Å². The summed E-state index contributed by atoms with van der Waals surface area (Å²) in [6.45, 7) is 5.08. The van der Waals surface area contributed by atoms with Crippen LogP contribution in [0.15, 0.2) is 17.2 Å². The fourth-order valence-corrected chi connectivity index (χ4v) is 0.591. The molecule has 1 nitrogen and oxygen atoms in total. The van der Waals surface area contributed by atoms with Gasteiger partial charge in [-0.25, -0.2) is 0 Å². The van der Waals surface area contributed by atoms with Crippen molar-refractivity contribution in [1.29, 1.82) is 0 Å². The zero-order valence-electron chi connectivity index (χ0n) is 4.80. The second kappa shape index (κ2) is 5.01. The third-order valence-electron chi connectivity index (χ3n) is 0.588. The van der Waals surface area contributed by atoms with Crippen LogP contribution in [0.1, 0.15) is 0 Å². The Morgan fingerprint density at radius 1 is 1.40 bits per heavy atom. The van der Waals surface area contributed by atoms with E-state index in [0.717, 1.165) is 19.4 Å². The predicted octanol–water partition coefficient (Wildman–Crippen LogP) is 1.58. The zero-order chi connectivity index (χ0) is 8.15. The Hall–Kier alpha value is 0.288. The van der Waals surface area contributed by atoms with E-state index in [-0.39, 0.29) is 5.03 Å². The van der Waals surface area contributed by atoms with Gasteiger partial charge in [-0.1, -0.05) is 0 Å². The molecule has 0 saturated carbocycles. The molecule has 0 aromatic rings. The van der Waals surface area contributed by atoms with Gasteiger partial charge in [0.1, 0.15) is 0 Å². The maximum absolute atomic E-state index is 10.4. The second-order valence-corrected chi connectivity index (χ2v) is 3.72. The van der Waals surface area contributed by atoms with E-state index in [1.165, 1.54) is 12.2 Å². The van der Waals surface area contributed by atoms with Crippen LogP contribution in [-0.2, 0) is 24.1 Å². The Morgan fingerprint density at radius 3 is 2.20 bits per heavy atom. The van der Waals surface area contributed by atoms with Crippen LogP contribution in [0.25, 0.3) is 0 Å². The summed E-state index contributed by atoms with van der Waals surface area (Å²) in [4.78, 5) is 10.4. The molecule has 0 saturated heterocycles. The van der Waals surface area contributed by atoms with Crippen molar-refractivity contribution in [3.63, 3.8) is 0 Å². The Bertz CT molecular complexity index is 208. The van der Waals surface area contributed by atoms with E-state index in [1.807, 2.05) is 0 Å². The molecule has 4 heteroatoms. The van der Waals surface area contributed by atoms with Crippen molar-refractivity contribution in [1.82, 2.24) is 0 Å². The van der Waals surface area contributed by atoms with Crippen LogP contribution >= 0.6 is 23.2 Å². The summed E-state index contributed by atoms with van der Waals surface area (Å²) in [5, 5.41) is -0.333. The van der Waals surface area contributed by atoms with E-state index in [1.54, 1.807) is 0 Å². The van der Waals surface area contributed by atoms with E-state index in [4.69, 9.17) is 29.8 Å². The predicted molar refractivity (Wildman–Crippen MR) is 38.7 cm³/mol. The van der Waals surface area contributed by atoms with E-state index in [9.17, 15) is 4.79 Å². The van der Waals surface area contributed by atoms with Crippen LogP contribution in [0.3, 0.4) is 0 Å². The maximum atomic E-state index is 10.4. The SMILES string of the molecule is [CH-]=C(Cl)/C=C\[C](=[W])C(=O)Cl. The molecule has 0 aliphatic heterocycles. The third-order valence-corrected chi connectivity index (χ3v) is 2.52. The minimum absolute atomic E-state index is 0.136.